The molecule has 2 aromatic heterocycles. The van der Waals surface area contributed by atoms with Crippen molar-refractivity contribution < 1.29 is 0 Å². The Balaban J connectivity index is 2.29. The van der Waals surface area contributed by atoms with Crippen molar-refractivity contribution in [3.63, 3.8) is 0 Å². The Bertz CT molecular complexity index is 508. The van der Waals surface area contributed by atoms with Gasteiger partial charge < -0.3 is 4.57 Å². The van der Waals surface area contributed by atoms with Crippen LogP contribution in [-0.2, 0) is 7.05 Å². The van der Waals surface area contributed by atoms with Crippen molar-refractivity contribution in [2.45, 2.75) is 39.8 Å². The van der Waals surface area contributed by atoms with Crippen molar-refractivity contribution in [2.24, 2.45) is 12.5 Å². The molecule has 0 saturated heterocycles. The fourth-order valence-electron chi connectivity index (χ4n) is 1.89. The van der Waals surface area contributed by atoms with Crippen LogP contribution in [0.5, 0.6) is 0 Å². The van der Waals surface area contributed by atoms with Gasteiger partial charge in [0.05, 0.1) is 0 Å². The lowest BCUT2D eigenvalue weighted by Crippen LogP contribution is -2.40. The van der Waals surface area contributed by atoms with Crippen molar-refractivity contribution in [3.05, 3.63) is 40.6 Å². The van der Waals surface area contributed by atoms with Crippen molar-refractivity contribution in [1.82, 2.24) is 14.9 Å². The Kier molecular flexibility index (Phi) is 4.11. The topological polar surface area (TPSA) is 29.9 Å². The van der Waals surface area contributed by atoms with E-state index in [9.17, 15) is 0 Å². The number of hydrogen-bond donors (Lipinski definition) is 1. The number of imidazole rings is 1. The molecule has 0 spiro atoms. The zero-order valence-electron chi connectivity index (χ0n) is 12.3. The smallest absolute Gasteiger partial charge is 0.131 e. The van der Waals surface area contributed by atoms with Crippen LogP contribution in [-0.4, -0.2) is 15.6 Å². The second-order valence-corrected chi connectivity index (χ2v) is 7.08. The molecule has 0 radical (unpaired) electrons. The SMILES string of the molecule is CC(NC(c1cccs1)c1nccn1C)C(C)(C)C. The van der Waals surface area contributed by atoms with Gasteiger partial charge in [0.1, 0.15) is 11.9 Å². The number of aryl methyl sites for hydroxylation is 1. The van der Waals surface area contributed by atoms with E-state index in [2.05, 4.69) is 60.1 Å². The molecule has 0 aliphatic heterocycles. The van der Waals surface area contributed by atoms with E-state index in [0.717, 1.165) is 5.82 Å². The van der Waals surface area contributed by atoms with Gasteiger partial charge in [-0.05, 0) is 23.8 Å². The van der Waals surface area contributed by atoms with E-state index < -0.39 is 0 Å². The lowest BCUT2D eigenvalue weighted by atomic mass is 9.87. The van der Waals surface area contributed by atoms with Crippen LogP contribution in [0.4, 0.5) is 0 Å². The van der Waals surface area contributed by atoms with E-state index in [0.29, 0.717) is 6.04 Å². The van der Waals surface area contributed by atoms with E-state index in [-0.39, 0.29) is 11.5 Å². The number of thiophene rings is 1. The second-order valence-electron chi connectivity index (χ2n) is 6.10. The van der Waals surface area contributed by atoms with Crippen LogP contribution in [0.15, 0.2) is 29.9 Å². The van der Waals surface area contributed by atoms with Gasteiger partial charge in [0.2, 0.25) is 0 Å². The predicted molar refractivity (Wildman–Crippen MR) is 81.4 cm³/mol. The number of rotatable bonds is 4. The number of aromatic nitrogens is 2. The first-order chi connectivity index (χ1) is 8.89. The molecule has 2 unspecified atom stereocenters. The van der Waals surface area contributed by atoms with E-state index >= 15 is 0 Å². The summed E-state index contributed by atoms with van der Waals surface area (Å²) in [6, 6.07) is 4.83. The maximum Gasteiger partial charge on any atom is 0.131 e. The van der Waals surface area contributed by atoms with Gasteiger partial charge in [-0.3, -0.25) is 5.32 Å². The van der Waals surface area contributed by atoms with Crippen LogP contribution in [0.2, 0.25) is 0 Å². The summed E-state index contributed by atoms with van der Waals surface area (Å²) in [6.45, 7) is 9.02. The van der Waals surface area contributed by atoms with Gasteiger partial charge in [-0.15, -0.1) is 11.3 Å². The summed E-state index contributed by atoms with van der Waals surface area (Å²) in [7, 11) is 2.05. The molecule has 2 atom stereocenters. The minimum absolute atomic E-state index is 0.161. The fraction of sp³-hybridized carbons (Fsp3) is 0.533. The summed E-state index contributed by atoms with van der Waals surface area (Å²) in [5.41, 5.74) is 0.223. The summed E-state index contributed by atoms with van der Waals surface area (Å²) in [4.78, 5) is 5.82. The summed E-state index contributed by atoms with van der Waals surface area (Å²) >= 11 is 1.77. The van der Waals surface area contributed by atoms with Gasteiger partial charge in [0.15, 0.2) is 0 Å². The molecule has 4 heteroatoms. The average Bonchev–Trinajstić information content (AvgIpc) is 2.95. The van der Waals surface area contributed by atoms with Gasteiger partial charge in [0.25, 0.3) is 0 Å². The molecule has 0 amide bonds. The molecule has 3 nitrogen and oxygen atoms in total. The summed E-state index contributed by atoms with van der Waals surface area (Å²) in [6.07, 6.45) is 3.86. The highest BCUT2D eigenvalue weighted by Crippen LogP contribution is 2.28. The highest BCUT2D eigenvalue weighted by molar-refractivity contribution is 7.10. The first-order valence-electron chi connectivity index (χ1n) is 6.66. The van der Waals surface area contributed by atoms with Gasteiger partial charge in [0, 0.05) is 30.4 Å². The molecule has 0 aliphatic rings. The molecule has 2 rings (SSSR count). The molecular formula is C15H23N3S. The maximum atomic E-state index is 4.51. The third-order valence-corrected chi connectivity index (χ3v) is 4.60. The molecule has 0 saturated carbocycles. The Hall–Kier alpha value is -1.13. The minimum atomic E-state index is 0.161. The minimum Gasteiger partial charge on any atom is -0.336 e. The van der Waals surface area contributed by atoms with Gasteiger partial charge >= 0.3 is 0 Å². The molecule has 0 aromatic carbocycles. The van der Waals surface area contributed by atoms with E-state index in [4.69, 9.17) is 0 Å². The Morgan fingerprint density at radius 2 is 2.11 bits per heavy atom. The first kappa shape index (κ1) is 14.3. The molecule has 104 valence electrons. The zero-order valence-corrected chi connectivity index (χ0v) is 13.2. The van der Waals surface area contributed by atoms with Crippen LogP contribution in [0.1, 0.15) is 44.4 Å². The molecule has 0 aliphatic carbocycles. The average molecular weight is 277 g/mol. The molecule has 2 heterocycles. The molecular weight excluding hydrogens is 254 g/mol. The number of hydrogen-bond acceptors (Lipinski definition) is 3. The lowest BCUT2D eigenvalue weighted by molar-refractivity contribution is 0.270. The highest BCUT2D eigenvalue weighted by Gasteiger charge is 2.26. The van der Waals surface area contributed by atoms with Crippen LogP contribution in [0.3, 0.4) is 0 Å². The largest absolute Gasteiger partial charge is 0.336 e. The first-order valence-corrected chi connectivity index (χ1v) is 7.54. The normalized spacial score (nSPS) is 15.4. The van der Waals surface area contributed by atoms with E-state index in [1.54, 1.807) is 11.3 Å². The Morgan fingerprint density at radius 3 is 2.58 bits per heavy atom. The van der Waals surface area contributed by atoms with Crippen molar-refractivity contribution in [2.75, 3.05) is 0 Å². The quantitative estimate of drug-likeness (QED) is 0.925. The predicted octanol–water partition coefficient (Wildman–Crippen LogP) is 3.60. The molecule has 19 heavy (non-hydrogen) atoms. The van der Waals surface area contributed by atoms with Crippen molar-refractivity contribution >= 4 is 11.3 Å². The van der Waals surface area contributed by atoms with Crippen molar-refractivity contribution in [3.8, 4) is 0 Å². The third-order valence-electron chi connectivity index (χ3n) is 3.66. The summed E-state index contributed by atoms with van der Waals surface area (Å²) < 4.78 is 2.09. The van der Waals surface area contributed by atoms with Crippen LogP contribution < -0.4 is 5.32 Å². The molecule has 1 N–H and O–H groups in total. The van der Waals surface area contributed by atoms with Crippen molar-refractivity contribution in [1.29, 1.82) is 0 Å². The lowest BCUT2D eigenvalue weighted by Gasteiger charge is -2.32. The number of nitrogens with zero attached hydrogens (tertiary/aromatic N) is 2. The second kappa shape index (κ2) is 5.47. The summed E-state index contributed by atoms with van der Waals surface area (Å²) in [5, 5.41) is 5.85. The van der Waals surface area contributed by atoms with Gasteiger partial charge in [-0.1, -0.05) is 26.8 Å². The van der Waals surface area contributed by atoms with E-state index in [1.165, 1.54) is 4.88 Å². The Labute approximate surface area is 119 Å². The molecule has 0 fully saturated rings. The maximum absolute atomic E-state index is 4.51. The zero-order chi connectivity index (χ0) is 14.0. The van der Waals surface area contributed by atoms with Crippen LogP contribution in [0.25, 0.3) is 0 Å². The van der Waals surface area contributed by atoms with E-state index in [1.807, 2.05) is 19.4 Å². The third kappa shape index (κ3) is 3.25. The Morgan fingerprint density at radius 1 is 1.37 bits per heavy atom. The standard InChI is InChI=1S/C15H23N3S/c1-11(15(2,3)4)17-13(12-7-6-10-19-12)14-16-8-9-18(14)5/h6-11,13,17H,1-5H3. The van der Waals surface area contributed by atoms with Gasteiger partial charge in [-0.25, -0.2) is 4.98 Å². The fourth-order valence-corrected chi connectivity index (χ4v) is 2.68. The van der Waals surface area contributed by atoms with Crippen LogP contribution >= 0.6 is 11.3 Å². The molecule has 2 aromatic rings. The monoisotopic (exact) mass is 277 g/mol. The summed E-state index contributed by atoms with van der Waals surface area (Å²) in [5.74, 6) is 1.07. The van der Waals surface area contributed by atoms with Crippen LogP contribution in [0, 0.1) is 5.41 Å². The highest BCUT2D eigenvalue weighted by atomic mass is 32.1. The van der Waals surface area contributed by atoms with Gasteiger partial charge in [-0.2, -0.15) is 0 Å². The number of nitrogens with one attached hydrogen (secondary N) is 1. The molecule has 0 bridgehead atoms.